The summed E-state index contributed by atoms with van der Waals surface area (Å²) >= 11 is 0. The van der Waals surface area contributed by atoms with Crippen molar-refractivity contribution in [1.82, 2.24) is 0 Å². The maximum Gasteiger partial charge on any atom is 0.163 e. The average Bonchev–Trinajstić information content (AvgIpc) is 2.79. The fourth-order valence-corrected chi connectivity index (χ4v) is 6.70. The molecule has 2 saturated carbocycles. The average molecular weight is 419 g/mol. The molecule has 2 unspecified atom stereocenters. The van der Waals surface area contributed by atoms with Gasteiger partial charge in [-0.25, -0.2) is 4.39 Å². The van der Waals surface area contributed by atoms with E-state index in [1.165, 1.54) is 51.4 Å². The Kier molecular flexibility index (Phi) is 8.08. The molecule has 0 aromatic rings. The molecule has 0 spiro atoms. The SMILES string of the molecule is C=CCCC1COC(C2C=C(F)C(C3CCC(C4CCC(C)CC4)CC3)CC2)OC1. The van der Waals surface area contributed by atoms with Gasteiger partial charge in [0.15, 0.2) is 6.29 Å². The Bertz CT molecular complexity index is 563. The molecule has 1 aliphatic heterocycles. The largest absolute Gasteiger partial charge is 0.352 e. The zero-order chi connectivity index (χ0) is 20.9. The summed E-state index contributed by atoms with van der Waals surface area (Å²) in [5.74, 6) is 4.16. The van der Waals surface area contributed by atoms with Gasteiger partial charge in [0, 0.05) is 17.8 Å². The first-order valence-corrected chi connectivity index (χ1v) is 12.8. The van der Waals surface area contributed by atoms with Gasteiger partial charge in [0.2, 0.25) is 0 Å². The van der Waals surface area contributed by atoms with Crippen LogP contribution in [0.1, 0.15) is 84.0 Å². The highest BCUT2D eigenvalue weighted by molar-refractivity contribution is 5.08. The van der Waals surface area contributed by atoms with Crippen LogP contribution in [-0.2, 0) is 9.47 Å². The molecule has 170 valence electrons. The van der Waals surface area contributed by atoms with E-state index in [-0.39, 0.29) is 24.0 Å². The molecule has 30 heavy (non-hydrogen) atoms. The second-order valence-electron chi connectivity index (χ2n) is 10.9. The molecule has 2 nitrogen and oxygen atoms in total. The Labute approximate surface area is 183 Å². The number of hydrogen-bond donors (Lipinski definition) is 0. The fourth-order valence-electron chi connectivity index (χ4n) is 6.70. The first-order valence-electron chi connectivity index (χ1n) is 12.8. The molecule has 3 fully saturated rings. The quantitative estimate of drug-likeness (QED) is 0.417. The third kappa shape index (κ3) is 5.57. The zero-order valence-corrected chi connectivity index (χ0v) is 19.1. The Hall–Kier alpha value is -0.670. The highest BCUT2D eigenvalue weighted by Crippen LogP contribution is 2.47. The molecule has 1 saturated heterocycles. The molecular weight excluding hydrogens is 375 g/mol. The van der Waals surface area contributed by atoms with Crippen LogP contribution in [-0.4, -0.2) is 19.5 Å². The van der Waals surface area contributed by atoms with Gasteiger partial charge in [0.25, 0.3) is 0 Å². The van der Waals surface area contributed by atoms with E-state index in [0.29, 0.717) is 11.8 Å². The molecule has 4 rings (SSSR count). The molecule has 0 bridgehead atoms. The van der Waals surface area contributed by atoms with E-state index in [1.54, 1.807) is 0 Å². The van der Waals surface area contributed by atoms with Crippen LogP contribution < -0.4 is 0 Å². The lowest BCUT2D eigenvalue weighted by Crippen LogP contribution is -2.38. The van der Waals surface area contributed by atoms with Crippen LogP contribution in [0.15, 0.2) is 24.6 Å². The summed E-state index contributed by atoms with van der Waals surface area (Å²) in [6, 6.07) is 0. The molecule has 3 aliphatic carbocycles. The van der Waals surface area contributed by atoms with E-state index < -0.39 is 0 Å². The molecule has 2 atom stereocenters. The number of hydrogen-bond acceptors (Lipinski definition) is 2. The van der Waals surface area contributed by atoms with Gasteiger partial charge in [-0.15, -0.1) is 6.58 Å². The zero-order valence-electron chi connectivity index (χ0n) is 19.1. The molecular formula is C27H43FO2. The molecule has 4 aliphatic rings. The van der Waals surface area contributed by atoms with Gasteiger partial charge < -0.3 is 9.47 Å². The van der Waals surface area contributed by atoms with Gasteiger partial charge in [-0.05, 0) is 94.0 Å². The number of halogens is 1. The third-order valence-electron chi connectivity index (χ3n) is 8.77. The van der Waals surface area contributed by atoms with Crippen molar-refractivity contribution in [3.8, 4) is 0 Å². The predicted molar refractivity (Wildman–Crippen MR) is 121 cm³/mol. The minimum atomic E-state index is -0.249. The van der Waals surface area contributed by atoms with Gasteiger partial charge in [-0.2, -0.15) is 0 Å². The minimum Gasteiger partial charge on any atom is -0.352 e. The molecule has 0 aromatic carbocycles. The highest BCUT2D eigenvalue weighted by atomic mass is 19.1. The van der Waals surface area contributed by atoms with E-state index in [2.05, 4.69) is 13.5 Å². The van der Waals surface area contributed by atoms with Gasteiger partial charge in [-0.1, -0.05) is 25.8 Å². The van der Waals surface area contributed by atoms with Crippen molar-refractivity contribution >= 4 is 0 Å². The summed E-state index contributed by atoms with van der Waals surface area (Å²) in [6.45, 7) is 7.66. The van der Waals surface area contributed by atoms with Crippen LogP contribution in [0.5, 0.6) is 0 Å². The number of allylic oxidation sites excluding steroid dienone is 2. The van der Waals surface area contributed by atoms with Gasteiger partial charge in [0.1, 0.15) is 0 Å². The fraction of sp³-hybridized carbons (Fsp3) is 0.852. The molecule has 0 aromatic heterocycles. The van der Waals surface area contributed by atoms with Crippen molar-refractivity contribution in [3.05, 3.63) is 24.6 Å². The van der Waals surface area contributed by atoms with Gasteiger partial charge in [0.05, 0.1) is 19.0 Å². The smallest absolute Gasteiger partial charge is 0.163 e. The summed E-state index contributed by atoms with van der Waals surface area (Å²) in [5, 5.41) is 0. The van der Waals surface area contributed by atoms with E-state index >= 15 is 4.39 Å². The lowest BCUT2D eigenvalue weighted by atomic mass is 9.66. The van der Waals surface area contributed by atoms with Crippen LogP contribution in [0.3, 0.4) is 0 Å². The van der Waals surface area contributed by atoms with Gasteiger partial charge in [-0.3, -0.25) is 0 Å². The molecule has 0 N–H and O–H groups in total. The summed E-state index contributed by atoms with van der Waals surface area (Å²) in [5.41, 5.74) is 0. The van der Waals surface area contributed by atoms with Crippen molar-refractivity contribution in [2.24, 2.45) is 41.4 Å². The predicted octanol–water partition coefficient (Wildman–Crippen LogP) is 7.45. The Morgan fingerprint density at radius 3 is 2.10 bits per heavy atom. The van der Waals surface area contributed by atoms with Crippen LogP contribution in [0.4, 0.5) is 4.39 Å². The Morgan fingerprint density at radius 2 is 1.50 bits per heavy atom. The topological polar surface area (TPSA) is 18.5 Å². The number of rotatable bonds is 6. The maximum absolute atomic E-state index is 15.1. The van der Waals surface area contributed by atoms with Crippen molar-refractivity contribution < 1.29 is 13.9 Å². The summed E-state index contributed by atoms with van der Waals surface area (Å²) < 4.78 is 27.1. The molecule has 0 radical (unpaired) electrons. The monoisotopic (exact) mass is 418 g/mol. The van der Waals surface area contributed by atoms with Crippen LogP contribution in [0, 0.1) is 41.4 Å². The molecule has 3 heteroatoms. The van der Waals surface area contributed by atoms with E-state index in [0.717, 1.165) is 56.7 Å². The van der Waals surface area contributed by atoms with Crippen LogP contribution in [0.25, 0.3) is 0 Å². The second-order valence-corrected chi connectivity index (χ2v) is 10.9. The maximum atomic E-state index is 15.1. The van der Waals surface area contributed by atoms with Crippen molar-refractivity contribution in [2.45, 2.75) is 90.3 Å². The lowest BCUT2D eigenvalue weighted by Gasteiger charge is -2.41. The van der Waals surface area contributed by atoms with Crippen LogP contribution >= 0.6 is 0 Å². The van der Waals surface area contributed by atoms with E-state index in [4.69, 9.17) is 9.47 Å². The Balaban J connectivity index is 1.23. The standard InChI is InChI=1S/C27H43FO2/c1-3-4-5-20-17-29-27(30-18-20)24-14-15-25(26(28)16-24)23-12-10-22(11-13-23)21-8-6-19(2)7-9-21/h3,16,19-25,27H,1,4-15,17-18H2,2H3. The normalized spacial score (nSPS) is 43.1. The van der Waals surface area contributed by atoms with Gasteiger partial charge >= 0.3 is 0 Å². The molecule has 0 amide bonds. The summed E-state index contributed by atoms with van der Waals surface area (Å²) in [7, 11) is 0. The summed E-state index contributed by atoms with van der Waals surface area (Å²) in [6.07, 6.45) is 18.4. The van der Waals surface area contributed by atoms with Crippen molar-refractivity contribution in [1.29, 1.82) is 0 Å². The highest BCUT2D eigenvalue weighted by Gasteiger charge is 2.38. The first kappa shape index (κ1) is 22.5. The lowest BCUT2D eigenvalue weighted by molar-refractivity contribution is -0.220. The van der Waals surface area contributed by atoms with Crippen molar-refractivity contribution in [2.75, 3.05) is 13.2 Å². The first-order chi connectivity index (χ1) is 14.6. The van der Waals surface area contributed by atoms with E-state index in [9.17, 15) is 0 Å². The molecule has 1 heterocycles. The second kappa shape index (κ2) is 10.8. The minimum absolute atomic E-state index is 0.0853. The van der Waals surface area contributed by atoms with Crippen LogP contribution in [0.2, 0.25) is 0 Å². The van der Waals surface area contributed by atoms with Crippen molar-refractivity contribution in [3.63, 3.8) is 0 Å². The Morgan fingerprint density at radius 1 is 0.900 bits per heavy atom. The number of ether oxygens (including phenoxy) is 2. The van der Waals surface area contributed by atoms with E-state index in [1.807, 2.05) is 12.2 Å². The summed E-state index contributed by atoms with van der Waals surface area (Å²) in [4.78, 5) is 0. The third-order valence-corrected chi connectivity index (χ3v) is 8.77.